The molecule has 1 aliphatic heterocycles. The minimum absolute atomic E-state index is 0. The third-order valence-electron chi connectivity index (χ3n) is 2.28. The van der Waals surface area contributed by atoms with Gasteiger partial charge in [-0.25, -0.2) is 0 Å². The van der Waals surface area contributed by atoms with Crippen LogP contribution in [0.2, 0.25) is 0 Å². The predicted octanol–water partition coefficient (Wildman–Crippen LogP) is -0.0952. The number of aliphatic hydroxyl groups is 1. The van der Waals surface area contributed by atoms with E-state index in [9.17, 15) is 4.79 Å². The van der Waals surface area contributed by atoms with Gasteiger partial charge in [-0.1, -0.05) is 0 Å². The summed E-state index contributed by atoms with van der Waals surface area (Å²) < 4.78 is 0. The molecule has 1 aliphatic rings. The number of amides is 1. The van der Waals surface area contributed by atoms with Gasteiger partial charge in [0.15, 0.2) is 0 Å². The highest BCUT2D eigenvalue weighted by atomic mass is 35.5. The van der Waals surface area contributed by atoms with Gasteiger partial charge < -0.3 is 15.7 Å². The van der Waals surface area contributed by atoms with E-state index in [0.29, 0.717) is 6.54 Å². The van der Waals surface area contributed by atoms with E-state index in [0.717, 1.165) is 25.9 Å². The van der Waals surface area contributed by atoms with E-state index >= 15 is 0 Å². The summed E-state index contributed by atoms with van der Waals surface area (Å²) in [5.41, 5.74) is 0. The summed E-state index contributed by atoms with van der Waals surface area (Å²) in [6.45, 7) is 3.88. The number of nitrogens with one attached hydrogen (secondary N) is 2. The van der Waals surface area contributed by atoms with Crippen LogP contribution in [0.5, 0.6) is 0 Å². The summed E-state index contributed by atoms with van der Waals surface area (Å²) >= 11 is 0. The second-order valence-corrected chi connectivity index (χ2v) is 3.62. The molecule has 5 heteroatoms. The molecule has 0 aliphatic carbocycles. The molecule has 1 heterocycles. The maximum atomic E-state index is 11.5. The number of aliphatic hydroxyl groups excluding tert-OH is 1. The van der Waals surface area contributed by atoms with E-state index in [-0.39, 0.29) is 24.2 Å². The largest absolute Gasteiger partial charge is 0.392 e. The van der Waals surface area contributed by atoms with Crippen molar-refractivity contribution in [1.82, 2.24) is 10.6 Å². The Morgan fingerprint density at radius 2 is 2.14 bits per heavy atom. The normalized spacial score (nSPS) is 19.6. The summed E-state index contributed by atoms with van der Waals surface area (Å²) in [4.78, 5) is 11.5. The first-order valence-corrected chi connectivity index (χ1v) is 4.86. The molecular formula is C9H19ClN2O2. The Bertz CT molecular complexity index is 170. The van der Waals surface area contributed by atoms with Gasteiger partial charge in [0, 0.05) is 12.5 Å². The summed E-state index contributed by atoms with van der Waals surface area (Å²) in [7, 11) is 0. The molecule has 14 heavy (non-hydrogen) atoms. The van der Waals surface area contributed by atoms with Crippen molar-refractivity contribution < 1.29 is 9.90 Å². The quantitative estimate of drug-likeness (QED) is 0.625. The molecule has 4 nitrogen and oxygen atoms in total. The Morgan fingerprint density at radius 3 is 2.64 bits per heavy atom. The average Bonchev–Trinajstić information content (AvgIpc) is 2.15. The maximum absolute atomic E-state index is 11.5. The van der Waals surface area contributed by atoms with Crippen molar-refractivity contribution in [3.63, 3.8) is 0 Å². The summed E-state index contributed by atoms with van der Waals surface area (Å²) in [5.74, 6) is 0.224. The molecule has 84 valence electrons. The van der Waals surface area contributed by atoms with E-state index in [1.54, 1.807) is 6.92 Å². The Morgan fingerprint density at radius 1 is 1.57 bits per heavy atom. The molecule has 0 radical (unpaired) electrons. The maximum Gasteiger partial charge on any atom is 0.223 e. The molecule has 1 rings (SSSR count). The zero-order valence-electron chi connectivity index (χ0n) is 8.45. The van der Waals surface area contributed by atoms with Gasteiger partial charge in [-0.15, -0.1) is 12.4 Å². The average molecular weight is 223 g/mol. The van der Waals surface area contributed by atoms with Crippen LogP contribution in [0.3, 0.4) is 0 Å². The first-order chi connectivity index (χ1) is 6.20. The number of piperidine rings is 1. The molecule has 1 atom stereocenters. The van der Waals surface area contributed by atoms with Crippen LogP contribution in [0.1, 0.15) is 19.8 Å². The molecule has 1 fully saturated rings. The van der Waals surface area contributed by atoms with Gasteiger partial charge in [0.05, 0.1) is 6.10 Å². The molecule has 0 spiro atoms. The van der Waals surface area contributed by atoms with Crippen LogP contribution in [0.25, 0.3) is 0 Å². The van der Waals surface area contributed by atoms with Crippen LogP contribution in [-0.4, -0.2) is 36.8 Å². The van der Waals surface area contributed by atoms with Crippen molar-refractivity contribution in [1.29, 1.82) is 0 Å². The summed E-state index contributed by atoms with van der Waals surface area (Å²) in [6, 6.07) is 0. The summed E-state index contributed by atoms with van der Waals surface area (Å²) in [5, 5.41) is 14.9. The predicted molar refractivity (Wildman–Crippen MR) is 57.5 cm³/mol. The van der Waals surface area contributed by atoms with Gasteiger partial charge in [-0.05, 0) is 32.9 Å². The molecule has 0 aromatic heterocycles. The monoisotopic (exact) mass is 222 g/mol. The van der Waals surface area contributed by atoms with Gasteiger partial charge >= 0.3 is 0 Å². The SMILES string of the molecule is CC(O)CNC(=O)C1CCNCC1.Cl. The minimum atomic E-state index is -0.453. The van der Waals surface area contributed by atoms with Crippen LogP contribution < -0.4 is 10.6 Å². The number of rotatable bonds is 3. The topological polar surface area (TPSA) is 61.4 Å². The van der Waals surface area contributed by atoms with Crippen molar-refractivity contribution in [2.75, 3.05) is 19.6 Å². The van der Waals surface area contributed by atoms with Crippen LogP contribution in [0.15, 0.2) is 0 Å². The molecule has 1 unspecified atom stereocenters. The first-order valence-electron chi connectivity index (χ1n) is 4.86. The lowest BCUT2D eigenvalue weighted by Crippen LogP contribution is -2.40. The van der Waals surface area contributed by atoms with Crippen LogP contribution in [0.4, 0.5) is 0 Å². The molecule has 3 N–H and O–H groups in total. The number of halogens is 1. The van der Waals surface area contributed by atoms with E-state index < -0.39 is 6.10 Å². The third kappa shape index (κ3) is 4.79. The Kier molecular flexibility index (Phi) is 6.87. The molecule has 0 bridgehead atoms. The second kappa shape index (κ2) is 7.04. The van der Waals surface area contributed by atoms with Crippen molar-refractivity contribution in [2.24, 2.45) is 5.92 Å². The fourth-order valence-corrected chi connectivity index (χ4v) is 1.48. The van der Waals surface area contributed by atoms with E-state index in [1.165, 1.54) is 0 Å². The highest BCUT2D eigenvalue weighted by Gasteiger charge is 2.20. The zero-order valence-corrected chi connectivity index (χ0v) is 9.27. The lowest BCUT2D eigenvalue weighted by Gasteiger charge is -2.22. The summed E-state index contributed by atoms with van der Waals surface area (Å²) in [6.07, 6.45) is 1.36. The highest BCUT2D eigenvalue weighted by Crippen LogP contribution is 2.10. The second-order valence-electron chi connectivity index (χ2n) is 3.62. The lowest BCUT2D eigenvalue weighted by molar-refractivity contribution is -0.126. The molecule has 0 aromatic carbocycles. The van der Waals surface area contributed by atoms with Crippen LogP contribution in [-0.2, 0) is 4.79 Å². The molecular weight excluding hydrogens is 204 g/mol. The van der Waals surface area contributed by atoms with Gasteiger partial charge in [0.1, 0.15) is 0 Å². The molecule has 0 saturated carbocycles. The standard InChI is InChI=1S/C9H18N2O2.ClH/c1-7(12)6-11-9(13)8-2-4-10-5-3-8;/h7-8,10,12H,2-6H2,1H3,(H,11,13);1H. The van der Waals surface area contributed by atoms with Crippen LogP contribution >= 0.6 is 12.4 Å². The van der Waals surface area contributed by atoms with Crippen molar-refractivity contribution in [2.45, 2.75) is 25.9 Å². The van der Waals surface area contributed by atoms with Crippen molar-refractivity contribution in [3.8, 4) is 0 Å². The number of carbonyl (C=O) groups excluding carboxylic acids is 1. The lowest BCUT2D eigenvalue weighted by atomic mass is 9.97. The minimum Gasteiger partial charge on any atom is -0.392 e. The van der Waals surface area contributed by atoms with Gasteiger partial charge in [-0.3, -0.25) is 4.79 Å². The third-order valence-corrected chi connectivity index (χ3v) is 2.28. The fourth-order valence-electron chi connectivity index (χ4n) is 1.48. The van der Waals surface area contributed by atoms with Gasteiger partial charge in [0.25, 0.3) is 0 Å². The van der Waals surface area contributed by atoms with Crippen molar-refractivity contribution >= 4 is 18.3 Å². The molecule has 0 aromatic rings. The first kappa shape index (κ1) is 13.7. The van der Waals surface area contributed by atoms with E-state index in [4.69, 9.17) is 5.11 Å². The smallest absolute Gasteiger partial charge is 0.223 e. The Labute approximate surface area is 90.9 Å². The highest BCUT2D eigenvalue weighted by molar-refractivity contribution is 5.85. The van der Waals surface area contributed by atoms with E-state index in [2.05, 4.69) is 10.6 Å². The molecule has 1 saturated heterocycles. The van der Waals surface area contributed by atoms with Crippen LogP contribution in [0, 0.1) is 5.92 Å². The van der Waals surface area contributed by atoms with Crippen molar-refractivity contribution in [3.05, 3.63) is 0 Å². The number of hydrogen-bond acceptors (Lipinski definition) is 3. The molecule has 1 amide bonds. The fraction of sp³-hybridized carbons (Fsp3) is 0.889. The van der Waals surface area contributed by atoms with Gasteiger partial charge in [0.2, 0.25) is 5.91 Å². The Balaban J connectivity index is 0.00000169. The zero-order chi connectivity index (χ0) is 9.68. The Hall–Kier alpha value is -0.320. The number of hydrogen-bond donors (Lipinski definition) is 3. The number of carbonyl (C=O) groups is 1. The van der Waals surface area contributed by atoms with E-state index in [1.807, 2.05) is 0 Å². The van der Waals surface area contributed by atoms with Gasteiger partial charge in [-0.2, -0.15) is 0 Å².